The molecule has 0 N–H and O–H groups in total. The van der Waals surface area contributed by atoms with Crippen LogP contribution < -0.4 is 4.90 Å². The number of nitrogens with zero attached hydrogens (tertiary/aromatic N) is 2. The number of ether oxygens (including phenoxy) is 2. The van der Waals surface area contributed by atoms with Gasteiger partial charge in [0.15, 0.2) is 0 Å². The standard InChI is InChI=1S/C16H13ClN2O6/c1-24-15(20)11-5-3-4-8-18(14(11)16(21)25-2)10-6-7-12(17)13(9-10)19(22)23/h3-9H,1-2H3. The van der Waals surface area contributed by atoms with Crippen molar-refractivity contribution in [2.45, 2.75) is 0 Å². The number of hydrogen-bond acceptors (Lipinski definition) is 7. The molecule has 1 aromatic carbocycles. The number of rotatable bonds is 4. The summed E-state index contributed by atoms with van der Waals surface area (Å²) in [4.78, 5) is 36.1. The summed E-state index contributed by atoms with van der Waals surface area (Å²) >= 11 is 5.82. The van der Waals surface area contributed by atoms with E-state index in [9.17, 15) is 19.7 Å². The molecular formula is C16H13ClN2O6. The molecule has 0 saturated heterocycles. The highest BCUT2D eigenvalue weighted by Gasteiger charge is 2.28. The maximum Gasteiger partial charge on any atom is 0.355 e. The van der Waals surface area contributed by atoms with Crippen LogP contribution in [0.1, 0.15) is 0 Å². The first kappa shape index (κ1) is 18.2. The van der Waals surface area contributed by atoms with Crippen LogP contribution in [0.5, 0.6) is 0 Å². The molecule has 0 spiro atoms. The number of hydrogen-bond donors (Lipinski definition) is 0. The monoisotopic (exact) mass is 364 g/mol. The highest BCUT2D eigenvalue weighted by atomic mass is 35.5. The van der Waals surface area contributed by atoms with E-state index in [1.54, 1.807) is 6.08 Å². The number of methoxy groups -OCH3 is 2. The molecule has 0 atom stereocenters. The number of carbonyl (C=O) groups is 2. The quantitative estimate of drug-likeness (QED) is 0.460. The zero-order valence-electron chi connectivity index (χ0n) is 13.3. The predicted molar refractivity (Wildman–Crippen MR) is 89.9 cm³/mol. The Morgan fingerprint density at radius 1 is 1.16 bits per heavy atom. The first-order chi connectivity index (χ1) is 11.9. The Hall–Kier alpha value is -3.13. The molecule has 2 rings (SSSR count). The number of esters is 2. The lowest BCUT2D eigenvalue weighted by Crippen LogP contribution is -2.27. The number of nitro groups is 1. The first-order valence-corrected chi connectivity index (χ1v) is 7.27. The van der Waals surface area contributed by atoms with E-state index in [0.29, 0.717) is 0 Å². The highest BCUT2D eigenvalue weighted by Crippen LogP contribution is 2.33. The molecule has 1 aliphatic heterocycles. The average molecular weight is 365 g/mol. The predicted octanol–water partition coefficient (Wildman–Crippen LogP) is 2.74. The van der Waals surface area contributed by atoms with Crippen molar-refractivity contribution < 1.29 is 24.0 Å². The molecule has 0 unspecified atom stereocenters. The maximum absolute atomic E-state index is 12.3. The second-order valence-electron chi connectivity index (χ2n) is 4.71. The number of halogens is 1. The van der Waals surface area contributed by atoms with E-state index in [1.807, 2.05) is 0 Å². The first-order valence-electron chi connectivity index (χ1n) is 6.89. The third kappa shape index (κ3) is 3.69. The van der Waals surface area contributed by atoms with Crippen molar-refractivity contribution >= 4 is 34.9 Å². The molecule has 1 heterocycles. The second kappa shape index (κ2) is 7.63. The van der Waals surface area contributed by atoms with E-state index in [4.69, 9.17) is 21.1 Å². The van der Waals surface area contributed by atoms with Gasteiger partial charge in [0, 0.05) is 12.3 Å². The molecule has 0 saturated carbocycles. The van der Waals surface area contributed by atoms with Gasteiger partial charge in [0.05, 0.1) is 30.4 Å². The van der Waals surface area contributed by atoms with Crippen molar-refractivity contribution in [2.75, 3.05) is 19.1 Å². The van der Waals surface area contributed by atoms with Gasteiger partial charge in [-0.1, -0.05) is 17.7 Å². The van der Waals surface area contributed by atoms with Crippen molar-refractivity contribution in [3.05, 3.63) is 69.0 Å². The molecule has 25 heavy (non-hydrogen) atoms. The van der Waals surface area contributed by atoms with Crippen molar-refractivity contribution in [1.82, 2.24) is 0 Å². The van der Waals surface area contributed by atoms with Crippen LogP contribution in [0.15, 0.2) is 53.9 Å². The lowest BCUT2D eigenvalue weighted by Gasteiger charge is -2.23. The number of anilines is 1. The van der Waals surface area contributed by atoms with Crippen LogP contribution in [-0.4, -0.2) is 31.1 Å². The van der Waals surface area contributed by atoms with Gasteiger partial charge >= 0.3 is 11.9 Å². The summed E-state index contributed by atoms with van der Waals surface area (Å²) in [6, 6.07) is 3.99. The Labute approximate surface area is 147 Å². The summed E-state index contributed by atoms with van der Waals surface area (Å²) < 4.78 is 9.45. The second-order valence-corrected chi connectivity index (χ2v) is 5.12. The third-order valence-corrected chi connectivity index (χ3v) is 3.61. The third-order valence-electron chi connectivity index (χ3n) is 3.29. The molecule has 1 aliphatic rings. The molecule has 0 aliphatic carbocycles. The zero-order chi connectivity index (χ0) is 18.6. The highest BCUT2D eigenvalue weighted by molar-refractivity contribution is 6.32. The van der Waals surface area contributed by atoms with Gasteiger partial charge in [-0.25, -0.2) is 9.59 Å². The van der Waals surface area contributed by atoms with Crippen LogP contribution in [0.2, 0.25) is 5.02 Å². The number of benzene rings is 1. The molecule has 1 aromatic rings. The minimum atomic E-state index is -0.811. The van der Waals surface area contributed by atoms with E-state index in [2.05, 4.69) is 0 Å². The molecule has 0 aromatic heterocycles. The summed E-state index contributed by atoms with van der Waals surface area (Å²) in [6.07, 6.45) is 5.93. The lowest BCUT2D eigenvalue weighted by atomic mass is 10.1. The fourth-order valence-corrected chi connectivity index (χ4v) is 2.34. The molecule has 9 heteroatoms. The zero-order valence-corrected chi connectivity index (χ0v) is 14.0. The Morgan fingerprint density at radius 3 is 2.44 bits per heavy atom. The molecule has 0 radical (unpaired) electrons. The van der Waals surface area contributed by atoms with E-state index < -0.39 is 16.9 Å². The minimum Gasteiger partial charge on any atom is -0.465 e. The summed E-state index contributed by atoms with van der Waals surface area (Å²) in [5.41, 5.74) is -0.292. The lowest BCUT2D eigenvalue weighted by molar-refractivity contribution is -0.384. The summed E-state index contributed by atoms with van der Waals surface area (Å²) in [5.74, 6) is -1.57. The van der Waals surface area contributed by atoms with E-state index in [-0.39, 0.29) is 27.7 Å². The maximum atomic E-state index is 12.3. The van der Waals surface area contributed by atoms with Crippen LogP contribution >= 0.6 is 11.6 Å². The van der Waals surface area contributed by atoms with E-state index >= 15 is 0 Å². The largest absolute Gasteiger partial charge is 0.465 e. The van der Waals surface area contributed by atoms with Gasteiger partial charge in [0.2, 0.25) is 0 Å². The van der Waals surface area contributed by atoms with Crippen LogP contribution in [0.3, 0.4) is 0 Å². The van der Waals surface area contributed by atoms with Crippen molar-refractivity contribution in [2.24, 2.45) is 0 Å². The SMILES string of the molecule is COC(=O)C1=C(C(=O)OC)N(c2ccc(Cl)c([N+](=O)[O-])c2)C=CC=C1. The average Bonchev–Trinajstić information content (AvgIpc) is 2.83. The van der Waals surface area contributed by atoms with Gasteiger partial charge in [-0.3, -0.25) is 10.1 Å². The minimum absolute atomic E-state index is 0.0533. The molecule has 0 bridgehead atoms. The van der Waals surface area contributed by atoms with Gasteiger partial charge in [-0.05, 0) is 24.3 Å². The van der Waals surface area contributed by atoms with E-state index in [0.717, 1.165) is 7.11 Å². The smallest absolute Gasteiger partial charge is 0.355 e. The van der Waals surface area contributed by atoms with Gasteiger partial charge in [-0.15, -0.1) is 0 Å². The summed E-state index contributed by atoms with van der Waals surface area (Å²) in [5, 5.41) is 11.1. The number of carbonyl (C=O) groups excluding carboxylic acids is 2. The Morgan fingerprint density at radius 2 is 1.84 bits per heavy atom. The van der Waals surface area contributed by atoms with Crippen LogP contribution in [0, 0.1) is 10.1 Å². The topological polar surface area (TPSA) is 99.0 Å². The molecule has 130 valence electrons. The van der Waals surface area contributed by atoms with Crippen molar-refractivity contribution in [3.63, 3.8) is 0 Å². The Bertz CT molecular complexity index is 828. The summed E-state index contributed by atoms with van der Waals surface area (Å²) in [7, 11) is 2.33. The molecule has 0 fully saturated rings. The Balaban J connectivity index is 2.69. The number of nitro benzene ring substituents is 1. The normalized spacial score (nSPS) is 13.5. The Kier molecular flexibility index (Phi) is 5.56. The van der Waals surface area contributed by atoms with Gasteiger partial charge < -0.3 is 14.4 Å². The number of allylic oxidation sites excluding steroid dienone is 2. The molecule has 8 nitrogen and oxygen atoms in total. The molecular weight excluding hydrogens is 352 g/mol. The van der Waals surface area contributed by atoms with Crippen LogP contribution in [0.25, 0.3) is 0 Å². The van der Waals surface area contributed by atoms with Crippen molar-refractivity contribution in [1.29, 1.82) is 0 Å². The van der Waals surface area contributed by atoms with E-state index in [1.165, 1.54) is 48.6 Å². The fourth-order valence-electron chi connectivity index (χ4n) is 2.16. The fraction of sp³-hybridized carbons (Fsp3) is 0.125. The van der Waals surface area contributed by atoms with Gasteiger partial charge in [0.1, 0.15) is 10.7 Å². The molecule has 0 amide bonds. The van der Waals surface area contributed by atoms with Crippen molar-refractivity contribution in [3.8, 4) is 0 Å². The van der Waals surface area contributed by atoms with Crippen LogP contribution in [-0.2, 0) is 19.1 Å². The van der Waals surface area contributed by atoms with Crippen LogP contribution in [0.4, 0.5) is 11.4 Å². The van der Waals surface area contributed by atoms with Gasteiger partial charge in [-0.2, -0.15) is 0 Å². The van der Waals surface area contributed by atoms with Gasteiger partial charge in [0.25, 0.3) is 5.69 Å². The summed E-state index contributed by atoms with van der Waals surface area (Å²) in [6.45, 7) is 0.